The van der Waals surface area contributed by atoms with Crippen molar-refractivity contribution < 1.29 is 23.9 Å². The van der Waals surface area contributed by atoms with Gasteiger partial charge in [0.2, 0.25) is 5.91 Å². The first-order valence-electron chi connectivity index (χ1n) is 16.3. The largest absolute Gasteiger partial charge is 0.481 e. The summed E-state index contributed by atoms with van der Waals surface area (Å²) in [7, 11) is 0. The van der Waals surface area contributed by atoms with Crippen LogP contribution in [0.1, 0.15) is 65.2 Å². The van der Waals surface area contributed by atoms with Crippen LogP contribution in [0.15, 0.2) is 73.1 Å². The van der Waals surface area contributed by atoms with Crippen molar-refractivity contribution in [2.75, 3.05) is 31.1 Å². The molecule has 9 nitrogen and oxygen atoms in total. The van der Waals surface area contributed by atoms with Crippen LogP contribution in [0.2, 0.25) is 0 Å². The van der Waals surface area contributed by atoms with Crippen LogP contribution < -0.4 is 10.2 Å². The number of likely N-dealkylation sites (tertiary alicyclic amines) is 1. The number of hydrogen-bond donors (Lipinski definition) is 2. The van der Waals surface area contributed by atoms with E-state index in [1.54, 1.807) is 12.1 Å². The molecule has 2 fully saturated rings. The third-order valence-corrected chi connectivity index (χ3v) is 10.7. The molecule has 2 amide bonds. The van der Waals surface area contributed by atoms with Crippen LogP contribution in [-0.4, -0.2) is 70.0 Å². The van der Waals surface area contributed by atoms with E-state index in [1.807, 2.05) is 54.9 Å². The summed E-state index contributed by atoms with van der Waals surface area (Å²) in [5.74, 6) is -1.51. The number of halogens is 1. The van der Waals surface area contributed by atoms with E-state index in [0.717, 1.165) is 53.2 Å². The SMILES string of the molecule is CC(C)(C)c1ccc(C(=O)NC(Cc2ccc(-c3ncc(N4CCC(c5ccccc5F)CC4)cn3)cc2)C(=O)N2CC(C(=O)O)C2)s1. The van der Waals surface area contributed by atoms with E-state index in [-0.39, 0.29) is 48.5 Å². The molecule has 2 aliphatic heterocycles. The number of rotatable bonds is 9. The Morgan fingerprint density at radius 2 is 1.65 bits per heavy atom. The minimum absolute atomic E-state index is 0.102. The van der Waals surface area contributed by atoms with E-state index in [1.165, 1.54) is 22.3 Å². The number of carbonyl (C=O) groups excluding carboxylic acids is 2. The highest BCUT2D eigenvalue weighted by Gasteiger charge is 2.39. The second-order valence-electron chi connectivity index (χ2n) is 13.7. The molecule has 0 aliphatic carbocycles. The first-order valence-corrected chi connectivity index (χ1v) is 17.1. The Labute approximate surface area is 283 Å². The minimum atomic E-state index is -0.928. The van der Waals surface area contributed by atoms with E-state index < -0.39 is 17.9 Å². The van der Waals surface area contributed by atoms with E-state index in [0.29, 0.717) is 10.7 Å². The minimum Gasteiger partial charge on any atom is -0.481 e. The highest BCUT2D eigenvalue weighted by atomic mass is 32.1. The van der Waals surface area contributed by atoms with E-state index in [4.69, 9.17) is 0 Å². The summed E-state index contributed by atoms with van der Waals surface area (Å²) in [5, 5.41) is 12.2. The average molecular weight is 670 g/mol. The van der Waals surface area contributed by atoms with Crippen LogP contribution in [-0.2, 0) is 21.4 Å². The summed E-state index contributed by atoms with van der Waals surface area (Å²) in [4.78, 5) is 52.6. The van der Waals surface area contributed by atoms with Crippen molar-refractivity contribution in [3.63, 3.8) is 0 Å². The van der Waals surface area contributed by atoms with Crippen LogP contribution in [0.5, 0.6) is 0 Å². The lowest BCUT2D eigenvalue weighted by atomic mass is 9.89. The van der Waals surface area contributed by atoms with E-state index in [2.05, 4.69) is 41.0 Å². The second kappa shape index (κ2) is 13.8. The van der Waals surface area contributed by atoms with Gasteiger partial charge in [-0.15, -0.1) is 11.3 Å². The lowest BCUT2D eigenvalue weighted by Gasteiger charge is -2.38. The van der Waals surface area contributed by atoms with Crippen molar-refractivity contribution in [1.29, 1.82) is 0 Å². The third-order valence-electron chi connectivity index (χ3n) is 9.21. The van der Waals surface area contributed by atoms with Crippen molar-refractivity contribution in [2.24, 2.45) is 5.92 Å². The molecule has 0 radical (unpaired) electrons. The highest BCUT2D eigenvalue weighted by molar-refractivity contribution is 7.14. The van der Waals surface area contributed by atoms with Crippen molar-refractivity contribution in [3.05, 3.63) is 99.8 Å². The summed E-state index contributed by atoms with van der Waals surface area (Å²) < 4.78 is 14.3. The van der Waals surface area contributed by atoms with Gasteiger partial charge in [0.05, 0.1) is 28.9 Å². The molecule has 0 saturated carbocycles. The monoisotopic (exact) mass is 669 g/mol. The number of nitrogens with one attached hydrogen (secondary N) is 1. The first-order chi connectivity index (χ1) is 23.0. The summed E-state index contributed by atoms with van der Waals surface area (Å²) in [6.07, 6.45) is 5.60. The number of benzene rings is 2. The van der Waals surface area contributed by atoms with Crippen LogP contribution in [0.25, 0.3) is 11.4 Å². The van der Waals surface area contributed by atoms with Gasteiger partial charge in [0.25, 0.3) is 5.91 Å². The lowest BCUT2D eigenvalue weighted by molar-refractivity contribution is -0.153. The van der Waals surface area contributed by atoms with Crippen molar-refractivity contribution in [2.45, 2.75) is 57.4 Å². The Balaban J connectivity index is 1.10. The summed E-state index contributed by atoms with van der Waals surface area (Å²) in [6, 6.07) is 17.5. The Hall–Kier alpha value is -4.64. The number of hydrogen-bond acceptors (Lipinski definition) is 7. The Kier molecular flexibility index (Phi) is 9.59. The fourth-order valence-electron chi connectivity index (χ4n) is 6.24. The molecule has 2 aromatic carbocycles. The predicted octanol–water partition coefficient (Wildman–Crippen LogP) is 5.91. The van der Waals surface area contributed by atoms with Crippen LogP contribution in [0, 0.1) is 11.7 Å². The van der Waals surface area contributed by atoms with Gasteiger partial charge in [0.15, 0.2) is 5.82 Å². The van der Waals surface area contributed by atoms with Gasteiger partial charge >= 0.3 is 5.97 Å². The molecule has 2 aromatic heterocycles. The molecule has 250 valence electrons. The summed E-state index contributed by atoms with van der Waals surface area (Å²) in [5.41, 5.74) is 3.26. The average Bonchev–Trinajstić information content (AvgIpc) is 3.56. The number of carboxylic acids is 1. The van der Waals surface area contributed by atoms with Gasteiger partial charge in [0, 0.05) is 43.0 Å². The molecular formula is C37H40FN5O4S. The zero-order valence-electron chi connectivity index (χ0n) is 27.4. The molecule has 2 N–H and O–H groups in total. The maximum absolute atomic E-state index is 14.3. The van der Waals surface area contributed by atoms with Gasteiger partial charge in [-0.05, 0) is 53.5 Å². The number of nitrogens with zero attached hydrogens (tertiary/aromatic N) is 4. The van der Waals surface area contributed by atoms with Gasteiger partial charge in [-0.3, -0.25) is 14.4 Å². The molecule has 4 aromatic rings. The van der Waals surface area contributed by atoms with E-state index >= 15 is 0 Å². The molecule has 0 spiro atoms. The predicted molar refractivity (Wildman–Crippen MR) is 184 cm³/mol. The maximum atomic E-state index is 14.3. The molecule has 2 aliphatic rings. The molecular weight excluding hydrogens is 630 g/mol. The molecule has 1 atom stereocenters. The number of carbonyl (C=O) groups is 3. The third kappa shape index (κ3) is 7.41. The topological polar surface area (TPSA) is 116 Å². The molecule has 0 bridgehead atoms. The van der Waals surface area contributed by atoms with Crippen molar-refractivity contribution >= 4 is 34.8 Å². The van der Waals surface area contributed by atoms with Gasteiger partial charge in [-0.1, -0.05) is 63.2 Å². The first kappa shape index (κ1) is 33.3. The van der Waals surface area contributed by atoms with E-state index in [9.17, 15) is 23.9 Å². The zero-order valence-corrected chi connectivity index (χ0v) is 28.2. The zero-order chi connectivity index (χ0) is 34.0. The van der Waals surface area contributed by atoms with Crippen LogP contribution in [0.4, 0.5) is 10.1 Å². The number of carboxylic acid groups (broad SMARTS) is 1. The standard InChI is InChI=1S/C37H40FN5O4S/c1-37(2,3)32-13-12-31(48-32)34(44)41-30(35(45)43-21-26(22-43)36(46)47)18-23-8-10-25(11-9-23)33-39-19-27(20-40-33)42-16-14-24(15-17-42)28-6-4-5-7-29(28)38/h4-13,19-20,24,26,30H,14-18,21-22H2,1-3H3,(H,41,44)(H,46,47). The maximum Gasteiger partial charge on any atom is 0.310 e. The second-order valence-corrected chi connectivity index (χ2v) is 14.8. The number of piperidine rings is 1. The van der Waals surface area contributed by atoms with Crippen molar-refractivity contribution in [3.8, 4) is 11.4 Å². The van der Waals surface area contributed by atoms with Gasteiger partial charge in [0.1, 0.15) is 11.9 Å². The summed E-state index contributed by atoms with van der Waals surface area (Å²) >= 11 is 1.40. The fourth-order valence-corrected chi connectivity index (χ4v) is 7.21. The van der Waals surface area contributed by atoms with Crippen molar-refractivity contribution in [1.82, 2.24) is 20.2 Å². The smallest absolute Gasteiger partial charge is 0.310 e. The number of thiophene rings is 1. The molecule has 11 heteroatoms. The Bertz CT molecular complexity index is 1770. The quantitative estimate of drug-likeness (QED) is 0.228. The number of aliphatic carboxylic acids is 1. The Morgan fingerprint density at radius 1 is 0.979 bits per heavy atom. The molecule has 48 heavy (non-hydrogen) atoms. The molecule has 6 rings (SSSR count). The normalized spacial score (nSPS) is 16.3. The molecule has 1 unspecified atom stereocenters. The lowest BCUT2D eigenvalue weighted by Crippen LogP contribution is -2.59. The van der Waals surface area contributed by atoms with Crippen LogP contribution >= 0.6 is 11.3 Å². The Morgan fingerprint density at radius 3 is 2.25 bits per heavy atom. The molecule has 4 heterocycles. The summed E-state index contributed by atoms with van der Waals surface area (Å²) in [6.45, 7) is 8.10. The highest BCUT2D eigenvalue weighted by Crippen LogP contribution is 2.32. The fraction of sp³-hybridized carbons (Fsp3) is 0.378. The number of amides is 2. The van der Waals surface area contributed by atoms with Gasteiger partial charge in [-0.25, -0.2) is 14.4 Å². The number of anilines is 1. The molecule has 2 saturated heterocycles. The number of aromatic nitrogens is 2. The van der Waals surface area contributed by atoms with Crippen LogP contribution in [0.3, 0.4) is 0 Å². The van der Waals surface area contributed by atoms with Gasteiger partial charge < -0.3 is 20.2 Å². The van der Waals surface area contributed by atoms with Gasteiger partial charge in [-0.2, -0.15) is 0 Å².